The van der Waals surface area contributed by atoms with Gasteiger partial charge in [0, 0.05) is 37.7 Å². The highest BCUT2D eigenvalue weighted by molar-refractivity contribution is 8.23. The van der Waals surface area contributed by atoms with Crippen molar-refractivity contribution in [2.45, 2.75) is 5.92 Å². The van der Waals surface area contributed by atoms with Gasteiger partial charge in [0.1, 0.15) is 11.6 Å². The fraction of sp³-hybridized carbons (Fsp3) is 0.208. The zero-order chi connectivity index (χ0) is 25.4. The molecule has 4 rings (SSSR count). The summed E-state index contributed by atoms with van der Waals surface area (Å²) in [4.78, 5) is 37.3. The average molecular weight is 511 g/mol. The van der Waals surface area contributed by atoms with E-state index in [0.29, 0.717) is 38.2 Å². The topological polar surface area (TPSA) is 108 Å². The number of methoxy groups -OCH3 is 1. The van der Waals surface area contributed by atoms with E-state index in [1.807, 2.05) is 18.4 Å². The summed E-state index contributed by atoms with van der Waals surface area (Å²) in [6, 6.07) is 13.4. The lowest BCUT2D eigenvalue weighted by Gasteiger charge is -2.33. The van der Waals surface area contributed by atoms with Gasteiger partial charge in [-0.3, -0.25) is 24.0 Å². The molecule has 0 amide bonds. The number of rotatable bonds is 5. The highest BCUT2D eigenvalue weighted by atomic mass is 32.2. The normalized spacial score (nSPS) is 14.8. The summed E-state index contributed by atoms with van der Waals surface area (Å²) < 4.78 is 8.19. The summed E-state index contributed by atoms with van der Waals surface area (Å²) in [6.07, 6.45) is 1.83. The van der Waals surface area contributed by atoms with Crippen LogP contribution in [0.2, 0.25) is 0 Å². The molecule has 3 aromatic rings. The van der Waals surface area contributed by atoms with Crippen LogP contribution in [0.1, 0.15) is 22.6 Å². The van der Waals surface area contributed by atoms with E-state index in [0.717, 1.165) is 10.1 Å². The third-order valence-electron chi connectivity index (χ3n) is 5.99. The SMILES string of the molecule is COc1ccc(C2=C(C(=S)SC)C(c3cccc([N+](=O)[O-])c3)c3c(n(C)c(=O)n(C)c3=O)N2)cc1. The Bertz CT molecular complexity index is 1510. The van der Waals surface area contributed by atoms with Gasteiger partial charge in [0.25, 0.3) is 11.2 Å². The largest absolute Gasteiger partial charge is 0.497 e. The summed E-state index contributed by atoms with van der Waals surface area (Å²) in [6.45, 7) is 0. The van der Waals surface area contributed by atoms with Gasteiger partial charge in [-0.2, -0.15) is 0 Å². The van der Waals surface area contributed by atoms with E-state index in [1.54, 1.807) is 38.4 Å². The summed E-state index contributed by atoms with van der Waals surface area (Å²) in [5, 5.41) is 14.8. The zero-order valence-corrected chi connectivity index (χ0v) is 21.0. The minimum absolute atomic E-state index is 0.107. The minimum Gasteiger partial charge on any atom is -0.497 e. The summed E-state index contributed by atoms with van der Waals surface area (Å²) >= 11 is 7.09. The highest BCUT2D eigenvalue weighted by Crippen LogP contribution is 2.45. The molecule has 0 fully saturated rings. The lowest BCUT2D eigenvalue weighted by molar-refractivity contribution is -0.384. The van der Waals surface area contributed by atoms with Gasteiger partial charge in [-0.05, 0) is 41.6 Å². The quantitative estimate of drug-likeness (QED) is 0.315. The number of aromatic nitrogens is 2. The van der Waals surface area contributed by atoms with Crippen LogP contribution in [0, 0.1) is 10.1 Å². The van der Waals surface area contributed by atoms with Gasteiger partial charge in [-0.15, -0.1) is 11.8 Å². The molecule has 1 N–H and O–H groups in total. The van der Waals surface area contributed by atoms with Crippen molar-refractivity contribution in [3.63, 3.8) is 0 Å². The molecule has 9 nitrogen and oxygen atoms in total. The van der Waals surface area contributed by atoms with Gasteiger partial charge in [0.05, 0.1) is 27.5 Å². The number of thioether (sulfide) groups is 1. The number of hydrogen-bond donors (Lipinski definition) is 1. The van der Waals surface area contributed by atoms with Crippen molar-refractivity contribution in [2.75, 3.05) is 18.7 Å². The Hall–Kier alpha value is -3.70. The molecule has 0 bridgehead atoms. The standard InChI is InChI=1S/C24H22N4O5S2/c1-26-21-19(22(29)27(2)24(26)30)17(14-6-5-7-15(12-14)28(31)32)18(23(34)35-4)20(25-21)13-8-10-16(33-3)11-9-13/h5-12,17,25H,1-4H3. The van der Waals surface area contributed by atoms with Crippen LogP contribution in [0.3, 0.4) is 0 Å². The Morgan fingerprint density at radius 2 is 1.83 bits per heavy atom. The van der Waals surface area contributed by atoms with Crippen molar-refractivity contribution in [3.8, 4) is 5.75 Å². The van der Waals surface area contributed by atoms with Crippen LogP contribution in [0.5, 0.6) is 5.75 Å². The Labute approximate surface area is 210 Å². The van der Waals surface area contributed by atoms with Crippen molar-refractivity contribution in [2.24, 2.45) is 14.1 Å². The van der Waals surface area contributed by atoms with E-state index in [-0.39, 0.29) is 5.69 Å². The van der Waals surface area contributed by atoms with Crippen molar-refractivity contribution in [3.05, 3.63) is 102 Å². The molecule has 1 aliphatic heterocycles. The van der Waals surface area contributed by atoms with E-state index in [1.165, 1.54) is 35.5 Å². The summed E-state index contributed by atoms with van der Waals surface area (Å²) in [7, 11) is 4.55. The Balaban J connectivity index is 2.13. The first-order valence-corrected chi connectivity index (χ1v) is 12.1. The van der Waals surface area contributed by atoms with Crippen molar-refractivity contribution >= 4 is 45.4 Å². The molecule has 2 heterocycles. The number of nitro benzene ring substituents is 1. The highest BCUT2D eigenvalue weighted by Gasteiger charge is 2.37. The van der Waals surface area contributed by atoms with Gasteiger partial charge in [0.15, 0.2) is 0 Å². The van der Waals surface area contributed by atoms with E-state index < -0.39 is 22.1 Å². The Morgan fingerprint density at radius 1 is 1.14 bits per heavy atom. The second-order valence-corrected chi connectivity index (χ2v) is 9.37. The summed E-state index contributed by atoms with van der Waals surface area (Å²) in [5.74, 6) is 0.234. The second-order valence-electron chi connectivity index (χ2n) is 7.89. The van der Waals surface area contributed by atoms with E-state index in [9.17, 15) is 19.7 Å². The molecule has 1 aliphatic rings. The minimum atomic E-state index is -0.742. The smallest absolute Gasteiger partial charge is 0.332 e. The molecule has 180 valence electrons. The first-order valence-electron chi connectivity index (χ1n) is 10.5. The van der Waals surface area contributed by atoms with Crippen LogP contribution in [0.15, 0.2) is 63.7 Å². The lowest BCUT2D eigenvalue weighted by atomic mass is 9.81. The van der Waals surface area contributed by atoms with Gasteiger partial charge in [-0.25, -0.2) is 4.79 Å². The number of nitro groups is 1. The number of fused-ring (bicyclic) bond motifs is 1. The molecule has 1 unspecified atom stereocenters. The van der Waals surface area contributed by atoms with Crippen molar-refractivity contribution in [1.82, 2.24) is 9.13 Å². The first-order chi connectivity index (χ1) is 16.7. The number of non-ortho nitro benzene ring substituents is 1. The van der Waals surface area contributed by atoms with Gasteiger partial charge in [0.2, 0.25) is 0 Å². The van der Waals surface area contributed by atoms with Gasteiger partial charge in [-0.1, -0.05) is 24.4 Å². The fourth-order valence-corrected chi connectivity index (χ4v) is 4.88. The Morgan fingerprint density at radius 3 is 2.43 bits per heavy atom. The van der Waals surface area contributed by atoms with E-state index >= 15 is 0 Å². The maximum Gasteiger partial charge on any atom is 0.332 e. The van der Waals surface area contributed by atoms with Gasteiger partial charge < -0.3 is 10.1 Å². The average Bonchev–Trinajstić information content (AvgIpc) is 2.89. The molecule has 35 heavy (non-hydrogen) atoms. The second kappa shape index (κ2) is 9.51. The first kappa shape index (κ1) is 24.4. The van der Waals surface area contributed by atoms with Crippen molar-refractivity contribution < 1.29 is 9.66 Å². The Kier molecular flexibility index (Phi) is 6.64. The zero-order valence-electron chi connectivity index (χ0n) is 19.4. The molecular formula is C24H22N4O5S2. The maximum atomic E-state index is 13.5. The predicted molar refractivity (Wildman–Crippen MR) is 142 cm³/mol. The molecule has 0 radical (unpaired) electrons. The molecule has 11 heteroatoms. The van der Waals surface area contributed by atoms with E-state index in [4.69, 9.17) is 17.0 Å². The molecule has 2 aromatic carbocycles. The van der Waals surface area contributed by atoms with Crippen LogP contribution in [-0.2, 0) is 14.1 Å². The lowest BCUT2D eigenvalue weighted by Crippen LogP contribution is -2.43. The fourth-order valence-electron chi connectivity index (χ4n) is 4.22. The number of nitrogens with zero attached hydrogens (tertiary/aromatic N) is 3. The molecule has 0 aliphatic carbocycles. The van der Waals surface area contributed by atoms with Gasteiger partial charge >= 0.3 is 5.69 Å². The molecule has 0 saturated heterocycles. The predicted octanol–water partition coefficient (Wildman–Crippen LogP) is 3.66. The third kappa shape index (κ3) is 4.17. The monoisotopic (exact) mass is 510 g/mol. The molecule has 0 saturated carbocycles. The molecular weight excluding hydrogens is 488 g/mol. The molecule has 1 aromatic heterocycles. The molecule has 0 spiro atoms. The summed E-state index contributed by atoms with van der Waals surface area (Å²) in [5.41, 5.74) is 1.71. The number of ether oxygens (including phenoxy) is 1. The maximum absolute atomic E-state index is 13.5. The number of anilines is 1. The van der Waals surface area contributed by atoms with Crippen LogP contribution in [-0.4, -0.2) is 31.6 Å². The number of hydrogen-bond acceptors (Lipinski definition) is 8. The number of thiocarbonyl (C=S) groups is 1. The van der Waals surface area contributed by atoms with Crippen LogP contribution in [0.4, 0.5) is 11.5 Å². The van der Waals surface area contributed by atoms with Crippen LogP contribution in [0.25, 0.3) is 5.70 Å². The van der Waals surface area contributed by atoms with Crippen LogP contribution < -0.4 is 21.3 Å². The van der Waals surface area contributed by atoms with E-state index in [2.05, 4.69) is 5.32 Å². The van der Waals surface area contributed by atoms with Crippen LogP contribution >= 0.6 is 24.0 Å². The number of benzene rings is 2. The van der Waals surface area contributed by atoms with Crippen molar-refractivity contribution in [1.29, 1.82) is 0 Å². The number of nitrogens with one attached hydrogen (secondary N) is 1. The molecule has 1 atom stereocenters. The third-order valence-corrected chi connectivity index (χ3v) is 7.30.